The number of halogens is 1. The lowest BCUT2D eigenvalue weighted by Crippen LogP contribution is -2.08. The summed E-state index contributed by atoms with van der Waals surface area (Å²) in [7, 11) is 6.13. The van der Waals surface area contributed by atoms with E-state index in [1.807, 2.05) is 0 Å². The van der Waals surface area contributed by atoms with Gasteiger partial charge in [0, 0.05) is 46.2 Å². The van der Waals surface area contributed by atoms with Crippen LogP contribution in [0.3, 0.4) is 0 Å². The lowest BCUT2D eigenvalue weighted by molar-refractivity contribution is -0.111. The molecule has 0 aliphatic carbocycles. The summed E-state index contributed by atoms with van der Waals surface area (Å²) < 4.78 is 22.4. The minimum Gasteiger partial charge on any atom is -0.496 e. The number of benzene rings is 3. The number of nitrogens with one attached hydrogen (secondary N) is 2. The number of ether oxygens (including phenoxy) is 4. The number of carbonyl (C=O) groups excluding carboxylic acids is 2. The molecule has 1 amide bonds. The van der Waals surface area contributed by atoms with Gasteiger partial charge in [-0.05, 0) is 48.5 Å². The van der Waals surface area contributed by atoms with Crippen LogP contribution in [0.4, 0.5) is 11.4 Å². The third-order valence-corrected chi connectivity index (χ3v) is 5.75. The standard InChI is InChI=1S/C28H27BrN2O6/c1-34-21-16-26(36-3)22(27(17-21)37-4)10-12-28(33)31-20-9-11-25(35-2)23(15-20)30-14-13-24(32)18-5-7-19(29)8-6-18/h5-17,30H,1-4H3,(H,31,33). The van der Waals surface area contributed by atoms with Crippen LogP contribution in [0, 0.1) is 0 Å². The molecule has 2 N–H and O–H groups in total. The Morgan fingerprint density at radius 2 is 1.43 bits per heavy atom. The molecule has 9 heteroatoms. The molecule has 3 aromatic rings. The monoisotopic (exact) mass is 566 g/mol. The largest absolute Gasteiger partial charge is 0.496 e. The van der Waals surface area contributed by atoms with Crippen molar-refractivity contribution >= 4 is 45.1 Å². The van der Waals surface area contributed by atoms with E-state index in [0.29, 0.717) is 45.5 Å². The van der Waals surface area contributed by atoms with Crippen LogP contribution in [0.15, 0.2) is 77.4 Å². The van der Waals surface area contributed by atoms with Gasteiger partial charge in [0.25, 0.3) is 0 Å². The topological polar surface area (TPSA) is 95.1 Å². The number of anilines is 2. The Bertz CT molecular complexity index is 1290. The zero-order chi connectivity index (χ0) is 26.8. The average molecular weight is 567 g/mol. The van der Waals surface area contributed by atoms with Crippen molar-refractivity contribution in [2.24, 2.45) is 0 Å². The number of carbonyl (C=O) groups is 2. The molecule has 0 heterocycles. The SMILES string of the molecule is COc1cc(OC)c(C=CC(=O)Nc2ccc(OC)c(NC=CC(=O)c3ccc(Br)cc3)c2)c(OC)c1. The lowest BCUT2D eigenvalue weighted by Gasteiger charge is -2.13. The van der Waals surface area contributed by atoms with Crippen molar-refractivity contribution in [3.63, 3.8) is 0 Å². The summed E-state index contributed by atoms with van der Waals surface area (Å²) in [6.45, 7) is 0. The molecule has 192 valence electrons. The van der Waals surface area contributed by atoms with Gasteiger partial charge in [-0.25, -0.2) is 0 Å². The fourth-order valence-electron chi connectivity index (χ4n) is 3.36. The summed E-state index contributed by atoms with van der Waals surface area (Å²) in [4.78, 5) is 25.0. The highest BCUT2D eigenvalue weighted by atomic mass is 79.9. The Hall–Kier alpha value is -4.24. The average Bonchev–Trinajstić information content (AvgIpc) is 2.91. The highest BCUT2D eigenvalue weighted by Crippen LogP contribution is 2.35. The number of allylic oxidation sites excluding steroid dienone is 1. The van der Waals surface area contributed by atoms with Crippen LogP contribution in [0.2, 0.25) is 0 Å². The molecule has 0 aliphatic rings. The highest BCUT2D eigenvalue weighted by Gasteiger charge is 2.12. The van der Waals surface area contributed by atoms with E-state index in [1.54, 1.807) is 67.8 Å². The van der Waals surface area contributed by atoms with Gasteiger partial charge in [0.15, 0.2) is 5.78 Å². The van der Waals surface area contributed by atoms with Crippen molar-refractivity contribution in [3.8, 4) is 23.0 Å². The lowest BCUT2D eigenvalue weighted by atomic mass is 10.1. The first-order chi connectivity index (χ1) is 17.9. The normalized spacial score (nSPS) is 10.8. The van der Waals surface area contributed by atoms with Gasteiger partial charge in [0.05, 0.1) is 39.7 Å². The van der Waals surface area contributed by atoms with Crippen LogP contribution in [-0.4, -0.2) is 40.1 Å². The van der Waals surface area contributed by atoms with E-state index in [2.05, 4.69) is 26.6 Å². The molecule has 0 unspecified atom stereocenters. The summed E-state index contributed by atoms with van der Waals surface area (Å²) in [6.07, 6.45) is 5.93. The predicted molar refractivity (Wildman–Crippen MR) is 148 cm³/mol. The van der Waals surface area contributed by atoms with Crippen LogP contribution in [0.5, 0.6) is 23.0 Å². The van der Waals surface area contributed by atoms with Crippen molar-refractivity contribution < 1.29 is 28.5 Å². The van der Waals surface area contributed by atoms with Crippen molar-refractivity contribution in [2.75, 3.05) is 39.1 Å². The van der Waals surface area contributed by atoms with E-state index in [4.69, 9.17) is 18.9 Å². The number of rotatable bonds is 11. The Morgan fingerprint density at radius 3 is 2.03 bits per heavy atom. The maximum Gasteiger partial charge on any atom is 0.248 e. The van der Waals surface area contributed by atoms with Crippen molar-refractivity contribution in [1.29, 1.82) is 0 Å². The van der Waals surface area contributed by atoms with Gasteiger partial charge in [-0.3, -0.25) is 9.59 Å². The molecule has 3 aromatic carbocycles. The van der Waals surface area contributed by atoms with Gasteiger partial charge in [0.1, 0.15) is 23.0 Å². The van der Waals surface area contributed by atoms with E-state index in [1.165, 1.54) is 39.7 Å². The fraction of sp³-hybridized carbons (Fsp3) is 0.143. The molecule has 0 spiro atoms. The second kappa shape index (κ2) is 13.2. The van der Waals surface area contributed by atoms with Gasteiger partial charge in [-0.15, -0.1) is 0 Å². The second-order valence-electron chi connectivity index (χ2n) is 7.53. The number of methoxy groups -OCH3 is 4. The molecule has 8 nitrogen and oxygen atoms in total. The van der Waals surface area contributed by atoms with Gasteiger partial charge in [-0.2, -0.15) is 0 Å². The van der Waals surface area contributed by atoms with Gasteiger partial charge < -0.3 is 29.6 Å². The highest BCUT2D eigenvalue weighted by molar-refractivity contribution is 9.10. The van der Waals surface area contributed by atoms with Crippen molar-refractivity contribution in [1.82, 2.24) is 0 Å². The summed E-state index contributed by atoms with van der Waals surface area (Å²) in [5, 5.41) is 5.85. The first-order valence-corrected chi connectivity index (χ1v) is 11.9. The van der Waals surface area contributed by atoms with Gasteiger partial charge in [0.2, 0.25) is 5.91 Å². The number of amides is 1. The van der Waals surface area contributed by atoms with E-state index in [9.17, 15) is 9.59 Å². The van der Waals surface area contributed by atoms with Crippen LogP contribution in [0.1, 0.15) is 15.9 Å². The second-order valence-corrected chi connectivity index (χ2v) is 8.45. The number of hydrogen-bond donors (Lipinski definition) is 2. The summed E-state index contributed by atoms with van der Waals surface area (Å²) >= 11 is 3.35. The number of hydrogen-bond acceptors (Lipinski definition) is 7. The van der Waals surface area contributed by atoms with Crippen LogP contribution in [0.25, 0.3) is 6.08 Å². The molecule has 0 radical (unpaired) electrons. The molecule has 0 aliphatic heterocycles. The number of ketones is 1. The summed E-state index contributed by atoms with van der Waals surface area (Å²) in [5.41, 5.74) is 2.26. The third kappa shape index (κ3) is 7.37. The molecule has 37 heavy (non-hydrogen) atoms. The summed E-state index contributed by atoms with van der Waals surface area (Å²) in [5.74, 6) is 1.60. The molecule has 0 fully saturated rings. The molecule has 0 bridgehead atoms. The smallest absolute Gasteiger partial charge is 0.248 e. The molecule has 0 atom stereocenters. The van der Waals surface area contributed by atoms with Gasteiger partial charge in [-0.1, -0.05) is 15.9 Å². The van der Waals surface area contributed by atoms with E-state index in [0.717, 1.165) is 4.47 Å². The molecule has 3 rings (SSSR count). The van der Waals surface area contributed by atoms with Gasteiger partial charge >= 0.3 is 0 Å². The quantitative estimate of drug-likeness (QED) is 0.219. The minimum absolute atomic E-state index is 0.155. The predicted octanol–water partition coefficient (Wildman–Crippen LogP) is 5.94. The first kappa shape index (κ1) is 27.3. The third-order valence-electron chi connectivity index (χ3n) is 5.22. The molecule has 0 saturated carbocycles. The molecular formula is C28H27BrN2O6. The van der Waals surface area contributed by atoms with E-state index < -0.39 is 0 Å². The first-order valence-electron chi connectivity index (χ1n) is 11.1. The Labute approximate surface area is 224 Å². The Morgan fingerprint density at radius 1 is 0.784 bits per heavy atom. The Kier molecular flexibility index (Phi) is 9.74. The molecular weight excluding hydrogens is 540 g/mol. The van der Waals surface area contributed by atoms with Crippen LogP contribution < -0.4 is 29.6 Å². The van der Waals surface area contributed by atoms with E-state index in [-0.39, 0.29) is 11.7 Å². The summed E-state index contributed by atoms with van der Waals surface area (Å²) in [6, 6.07) is 15.6. The molecule has 0 aromatic heterocycles. The zero-order valence-electron chi connectivity index (χ0n) is 20.8. The molecule has 0 saturated heterocycles. The Balaban J connectivity index is 1.72. The maximum absolute atomic E-state index is 12.6. The van der Waals surface area contributed by atoms with Crippen LogP contribution in [-0.2, 0) is 4.79 Å². The minimum atomic E-state index is -0.364. The van der Waals surface area contributed by atoms with Crippen molar-refractivity contribution in [2.45, 2.75) is 0 Å². The van der Waals surface area contributed by atoms with E-state index >= 15 is 0 Å². The zero-order valence-corrected chi connectivity index (χ0v) is 22.4. The maximum atomic E-state index is 12.6. The van der Waals surface area contributed by atoms with Crippen molar-refractivity contribution in [3.05, 3.63) is 88.5 Å². The fourth-order valence-corrected chi connectivity index (χ4v) is 3.62. The van der Waals surface area contributed by atoms with Crippen LogP contribution >= 0.6 is 15.9 Å².